The molecule has 1 saturated heterocycles. The molecule has 75 heavy (non-hydrogen) atoms. The highest BCUT2D eigenvalue weighted by atomic mass is 16.5. The number of hydrogen-bond donors (Lipinski definition) is 4. The summed E-state index contributed by atoms with van der Waals surface area (Å²) >= 11 is 0. The van der Waals surface area contributed by atoms with Gasteiger partial charge in [0.2, 0.25) is 23.7 Å². The summed E-state index contributed by atoms with van der Waals surface area (Å²) in [6.07, 6.45) is 9.75. The van der Waals surface area contributed by atoms with Crippen LogP contribution in [0.5, 0.6) is 11.5 Å². The summed E-state index contributed by atoms with van der Waals surface area (Å²) in [5.41, 5.74) is 15.5. The number of amides is 5. The van der Waals surface area contributed by atoms with E-state index in [1.165, 1.54) is 38.8 Å². The molecule has 0 atom stereocenters. The fraction of sp³-hybridized carbons (Fsp3) is 0.404. The summed E-state index contributed by atoms with van der Waals surface area (Å²) in [4.78, 5) is 96.4. The zero-order valence-corrected chi connectivity index (χ0v) is 44.1. The van der Waals surface area contributed by atoms with Crippen LogP contribution >= 0.6 is 0 Å². The summed E-state index contributed by atoms with van der Waals surface area (Å²) in [5.74, 6) is -0.240. The zero-order chi connectivity index (χ0) is 54.9. The minimum absolute atomic E-state index is 0.0502. The third-order valence-corrected chi connectivity index (χ3v) is 11.8. The van der Waals surface area contributed by atoms with Gasteiger partial charge in [-0.25, -0.2) is 9.97 Å². The molecule has 0 saturated carbocycles. The molecule has 0 unspecified atom stereocenters. The van der Waals surface area contributed by atoms with Crippen LogP contribution in [0.25, 0.3) is 22.1 Å². The van der Waals surface area contributed by atoms with Crippen molar-refractivity contribution < 1.29 is 43.0 Å². The van der Waals surface area contributed by atoms with E-state index in [9.17, 15) is 33.6 Å². The molecule has 2 aromatic carbocycles. The number of ether oxygens (including phenoxy) is 2. The molecule has 0 spiro atoms. The zero-order valence-electron chi connectivity index (χ0n) is 44.1. The molecule has 23 heteroatoms. The number of nitrogens with zero attached hydrogens (tertiary/aromatic N) is 10. The number of likely N-dealkylation sites (tertiary alicyclic amines) is 1. The second kappa shape index (κ2) is 27.0. The average molecular weight is 1030 g/mol. The molecule has 4 aromatic heterocycles. The second-order valence-electron chi connectivity index (χ2n) is 17.2. The first-order chi connectivity index (χ1) is 36.1. The van der Waals surface area contributed by atoms with Crippen molar-refractivity contribution in [3.05, 3.63) is 94.6 Å². The maximum Gasteiger partial charge on any atom is 0.276 e. The van der Waals surface area contributed by atoms with Crippen molar-refractivity contribution in [3.8, 4) is 11.5 Å². The first kappa shape index (κ1) is 57.4. The number of imidazole rings is 2. The molecule has 0 bridgehead atoms. The molecule has 400 valence electrons. The van der Waals surface area contributed by atoms with Crippen molar-refractivity contribution in [2.75, 3.05) is 58.1 Å². The number of nitrogens with one attached hydrogen (secondary N) is 2. The van der Waals surface area contributed by atoms with Crippen molar-refractivity contribution in [2.24, 2.45) is 17.4 Å². The SMILES string of the molecule is CCC.CCn1nc(C)cc1C(=O)Nc1nc2cc(C(N)=O)cc(OC)c2n1C/C=C/Cn1c(NC)nc2cc(C=O)cc(OCCC3CN(C(=O)CCN4C(=O)C=CC4=O)C3)c21.CCn1nc(C)cc1C=O.CN. The van der Waals surface area contributed by atoms with Crippen molar-refractivity contribution in [1.82, 2.24) is 48.5 Å². The highest BCUT2D eigenvalue weighted by molar-refractivity contribution is 6.13. The Hall–Kier alpha value is -8.47. The van der Waals surface area contributed by atoms with Crippen LogP contribution in [0, 0.1) is 19.8 Å². The van der Waals surface area contributed by atoms with Gasteiger partial charge in [0.25, 0.3) is 17.7 Å². The lowest BCUT2D eigenvalue weighted by molar-refractivity contribution is -0.140. The van der Waals surface area contributed by atoms with Crippen LogP contribution in [0.15, 0.2) is 60.7 Å². The molecule has 1 fully saturated rings. The van der Waals surface area contributed by atoms with E-state index in [0.29, 0.717) is 101 Å². The number of anilines is 2. The minimum Gasteiger partial charge on any atom is -0.494 e. The molecular formula is C52H68N14O9. The summed E-state index contributed by atoms with van der Waals surface area (Å²) < 4.78 is 18.9. The van der Waals surface area contributed by atoms with Gasteiger partial charge in [0.05, 0.1) is 36.1 Å². The highest BCUT2D eigenvalue weighted by Gasteiger charge is 2.32. The number of carbonyl (C=O) groups is 7. The van der Waals surface area contributed by atoms with E-state index < -0.39 is 23.6 Å². The van der Waals surface area contributed by atoms with E-state index in [1.807, 2.05) is 37.5 Å². The number of aromatic nitrogens is 8. The molecule has 6 aromatic rings. The average Bonchev–Trinajstić information content (AvgIpc) is 4.22. The number of hydrogen-bond acceptors (Lipinski definition) is 15. The standard InChI is InChI=1S/C41H45N11O8.C7H10N2O.C3H8.CH5N/c1-5-52-30(16-24(2)47-52)39(58)46-41-45-29-19-27(38(42)57)20-31(59-4)36(29)51(41)13-7-6-12-50-37-28(44-40(50)43-3)17-26(23-53)18-32(37)60-15-11-25-21-48(22-25)33(54)10-14-49-34(55)8-9-35(49)56;1-3-9-7(5-10)4-6(2)8-9;1-3-2;1-2/h6-9,16-20,23,25H,5,10-15,21-22H2,1-4H3,(H2,42,57)(H,43,44)(H,45,46,58);4-5H,3H2,1-2H3;3H2,1-2H3;2H2,1H3/b7-6+;;;. The number of aryl methyl sites for hydroxylation is 4. The Morgan fingerprint density at radius 3 is 1.95 bits per heavy atom. The van der Waals surface area contributed by atoms with Crippen molar-refractivity contribution in [3.63, 3.8) is 0 Å². The van der Waals surface area contributed by atoms with Gasteiger partial charge >= 0.3 is 0 Å². The van der Waals surface area contributed by atoms with E-state index in [1.54, 1.807) is 63.1 Å². The van der Waals surface area contributed by atoms with Crippen LogP contribution in [-0.4, -0.2) is 138 Å². The van der Waals surface area contributed by atoms with Gasteiger partial charge in [-0.05, 0) is 83.5 Å². The topological polar surface area (TPSA) is 292 Å². The van der Waals surface area contributed by atoms with E-state index >= 15 is 0 Å². The van der Waals surface area contributed by atoms with E-state index in [-0.39, 0.29) is 42.8 Å². The molecular weight excluding hydrogens is 965 g/mol. The smallest absolute Gasteiger partial charge is 0.276 e. The van der Waals surface area contributed by atoms with Crippen LogP contribution in [0.4, 0.5) is 11.9 Å². The summed E-state index contributed by atoms with van der Waals surface area (Å²) in [5, 5.41) is 14.5. The number of nitrogens with two attached hydrogens (primary N) is 2. The number of methoxy groups -OCH3 is 1. The maximum absolute atomic E-state index is 13.5. The Morgan fingerprint density at radius 2 is 1.37 bits per heavy atom. The predicted octanol–water partition coefficient (Wildman–Crippen LogP) is 4.94. The van der Waals surface area contributed by atoms with Crippen LogP contribution in [-0.2, 0) is 40.6 Å². The second-order valence-corrected chi connectivity index (χ2v) is 17.2. The van der Waals surface area contributed by atoms with Crippen LogP contribution in [0.1, 0.15) is 100 Å². The monoisotopic (exact) mass is 1030 g/mol. The Kier molecular flexibility index (Phi) is 20.7. The van der Waals surface area contributed by atoms with Crippen molar-refractivity contribution >= 4 is 76.1 Å². The van der Waals surface area contributed by atoms with Gasteiger partial charge in [-0.15, -0.1) is 0 Å². The van der Waals surface area contributed by atoms with Gasteiger partial charge in [0, 0.05) is 82.6 Å². The maximum atomic E-state index is 13.5. The number of fused-ring (bicyclic) bond motifs is 2. The third-order valence-electron chi connectivity index (χ3n) is 11.8. The van der Waals surface area contributed by atoms with Crippen LogP contribution < -0.4 is 31.6 Å². The molecule has 2 aliphatic heterocycles. The molecule has 2 aliphatic rings. The molecule has 0 aliphatic carbocycles. The molecule has 6 heterocycles. The number of carbonyl (C=O) groups excluding carboxylic acids is 7. The van der Waals surface area contributed by atoms with Crippen LogP contribution in [0.3, 0.4) is 0 Å². The van der Waals surface area contributed by atoms with Gasteiger partial charge in [0.1, 0.15) is 40.2 Å². The predicted molar refractivity (Wildman–Crippen MR) is 284 cm³/mol. The van der Waals surface area contributed by atoms with Gasteiger partial charge in [0.15, 0.2) is 6.29 Å². The number of benzene rings is 2. The Labute approximate surface area is 434 Å². The van der Waals surface area contributed by atoms with E-state index in [2.05, 4.69) is 45.4 Å². The lowest BCUT2D eigenvalue weighted by atomic mass is 9.96. The van der Waals surface area contributed by atoms with Crippen LogP contribution in [0.2, 0.25) is 0 Å². The molecule has 5 amide bonds. The first-order valence-electron chi connectivity index (χ1n) is 24.7. The summed E-state index contributed by atoms with van der Waals surface area (Å²) in [6.45, 7) is 15.0. The number of aldehydes is 2. The molecule has 8 rings (SSSR count). The third kappa shape index (κ3) is 13.8. The van der Waals surface area contributed by atoms with Gasteiger partial charge in [-0.2, -0.15) is 10.2 Å². The summed E-state index contributed by atoms with van der Waals surface area (Å²) in [7, 11) is 4.72. The normalized spacial score (nSPS) is 12.9. The molecule has 23 nitrogen and oxygen atoms in total. The van der Waals surface area contributed by atoms with E-state index in [0.717, 1.165) is 29.7 Å². The Morgan fingerprint density at radius 1 is 0.787 bits per heavy atom. The largest absolute Gasteiger partial charge is 0.494 e. The highest BCUT2D eigenvalue weighted by Crippen LogP contribution is 2.33. The number of allylic oxidation sites excluding steroid dienone is 2. The lowest BCUT2D eigenvalue weighted by Crippen LogP contribution is -2.51. The Balaban J connectivity index is 0.000000605. The van der Waals surface area contributed by atoms with E-state index in [4.69, 9.17) is 20.2 Å². The van der Waals surface area contributed by atoms with Crippen molar-refractivity contribution in [1.29, 1.82) is 0 Å². The fourth-order valence-corrected chi connectivity index (χ4v) is 8.32. The lowest BCUT2D eigenvalue weighted by Gasteiger charge is -2.39. The van der Waals surface area contributed by atoms with Crippen molar-refractivity contribution in [2.45, 2.75) is 87.0 Å². The van der Waals surface area contributed by atoms with Gasteiger partial charge in [-0.1, -0.05) is 32.4 Å². The summed E-state index contributed by atoms with van der Waals surface area (Å²) in [6, 6.07) is 9.91. The Bertz CT molecular complexity index is 3060. The number of imide groups is 1. The molecule has 6 N–H and O–H groups in total. The number of primary amides is 1. The van der Waals surface area contributed by atoms with Gasteiger partial charge in [-0.3, -0.25) is 53.1 Å². The quantitative estimate of drug-likeness (QED) is 0.0448. The first-order valence-corrected chi connectivity index (χ1v) is 24.7. The van der Waals surface area contributed by atoms with Gasteiger partial charge < -0.3 is 40.3 Å². The number of rotatable bonds is 20. The fourth-order valence-electron chi connectivity index (χ4n) is 8.32. The minimum atomic E-state index is -0.655. The molecule has 0 radical (unpaired) electrons.